The minimum Gasteiger partial charge on any atom is -0.489 e. The number of carboxylic acid groups (broad SMARTS) is 1. The van der Waals surface area contributed by atoms with E-state index in [0.717, 1.165) is 36.1 Å². The van der Waals surface area contributed by atoms with Crippen LogP contribution in [0.4, 0.5) is 0 Å². The molecule has 0 bridgehead atoms. The lowest BCUT2D eigenvalue weighted by Crippen LogP contribution is -2.23. The molecule has 5 nitrogen and oxygen atoms in total. The fourth-order valence-electron chi connectivity index (χ4n) is 4.55. The average Bonchev–Trinajstić information content (AvgIpc) is 3.14. The lowest BCUT2D eigenvalue weighted by molar-refractivity contribution is -0.136. The number of benzene rings is 1. The number of fused-ring (bicyclic) bond motifs is 3. The van der Waals surface area contributed by atoms with Crippen molar-refractivity contribution in [3.8, 4) is 5.75 Å². The number of carboxylic acids is 1. The third-order valence-corrected chi connectivity index (χ3v) is 6.08. The van der Waals surface area contributed by atoms with E-state index in [1.54, 1.807) is 0 Å². The highest BCUT2D eigenvalue weighted by Gasteiger charge is 2.48. The van der Waals surface area contributed by atoms with Crippen LogP contribution in [-0.2, 0) is 11.2 Å². The number of aliphatic carboxylic acids is 1. The molecule has 0 aromatic heterocycles. The molecule has 0 spiro atoms. The number of hydrogen-bond acceptors (Lipinski definition) is 4. The zero-order valence-corrected chi connectivity index (χ0v) is 16.8. The van der Waals surface area contributed by atoms with Gasteiger partial charge >= 0.3 is 5.97 Å². The normalized spacial score (nSPS) is 28.0. The molecule has 1 aromatic carbocycles. The molecule has 1 heterocycles. The first kappa shape index (κ1) is 20.9. The van der Waals surface area contributed by atoms with Crippen molar-refractivity contribution in [2.24, 2.45) is 5.92 Å². The molecule has 154 valence electrons. The van der Waals surface area contributed by atoms with Crippen LogP contribution in [-0.4, -0.2) is 39.1 Å². The van der Waals surface area contributed by atoms with E-state index >= 15 is 0 Å². The van der Waals surface area contributed by atoms with Crippen molar-refractivity contribution in [1.82, 2.24) is 0 Å². The molecule has 1 unspecified atom stereocenters. The summed E-state index contributed by atoms with van der Waals surface area (Å²) in [6.07, 6.45) is 7.98. The predicted octanol–water partition coefficient (Wildman–Crippen LogP) is 3.82. The third-order valence-electron chi connectivity index (χ3n) is 6.08. The van der Waals surface area contributed by atoms with Crippen molar-refractivity contribution in [3.05, 3.63) is 41.5 Å². The van der Waals surface area contributed by atoms with Gasteiger partial charge in [0.15, 0.2) is 0 Å². The maximum Gasteiger partial charge on any atom is 0.303 e. The first-order valence-electron chi connectivity index (χ1n) is 10.4. The van der Waals surface area contributed by atoms with Crippen LogP contribution >= 0.6 is 0 Å². The minimum absolute atomic E-state index is 0.0528. The number of unbranched alkanes of at least 4 members (excludes halogenated alkanes) is 1. The summed E-state index contributed by atoms with van der Waals surface area (Å²) in [6, 6.07) is 5.90. The zero-order valence-electron chi connectivity index (χ0n) is 16.8. The van der Waals surface area contributed by atoms with Crippen LogP contribution in [0, 0.1) is 5.92 Å². The molecule has 1 aliphatic carbocycles. The summed E-state index contributed by atoms with van der Waals surface area (Å²) in [7, 11) is 0. The number of hydrogen-bond donors (Lipinski definition) is 3. The summed E-state index contributed by atoms with van der Waals surface area (Å²) in [5, 5.41) is 30.0. The van der Waals surface area contributed by atoms with Crippen molar-refractivity contribution in [2.75, 3.05) is 0 Å². The molecule has 0 radical (unpaired) electrons. The predicted molar refractivity (Wildman–Crippen MR) is 108 cm³/mol. The number of aliphatic hydroxyl groups excluding tert-OH is 1. The monoisotopic (exact) mass is 388 g/mol. The van der Waals surface area contributed by atoms with Crippen LogP contribution in [0.15, 0.2) is 30.4 Å². The van der Waals surface area contributed by atoms with Crippen LogP contribution < -0.4 is 4.74 Å². The van der Waals surface area contributed by atoms with E-state index < -0.39 is 17.7 Å². The second-order valence-electron chi connectivity index (χ2n) is 8.52. The van der Waals surface area contributed by atoms with Gasteiger partial charge < -0.3 is 20.1 Å². The molecule has 0 saturated heterocycles. The molecule has 3 rings (SSSR count). The van der Waals surface area contributed by atoms with Gasteiger partial charge in [0.25, 0.3) is 0 Å². The highest BCUT2D eigenvalue weighted by molar-refractivity contribution is 5.67. The Bertz CT molecular complexity index is 724. The first-order chi connectivity index (χ1) is 13.3. The molecular formula is C23H32O5. The average molecular weight is 389 g/mol. The molecular weight excluding hydrogens is 356 g/mol. The Hall–Kier alpha value is -1.85. The largest absolute Gasteiger partial charge is 0.489 e. The number of aliphatic hydroxyl groups is 2. The number of rotatable bonds is 9. The molecule has 2 aliphatic rings. The highest BCUT2D eigenvalue weighted by Crippen LogP contribution is 2.52. The van der Waals surface area contributed by atoms with Gasteiger partial charge in [-0.25, -0.2) is 0 Å². The van der Waals surface area contributed by atoms with Gasteiger partial charge in [0.05, 0.1) is 11.7 Å². The number of ether oxygens (including phenoxy) is 1. The van der Waals surface area contributed by atoms with Gasteiger partial charge in [0.2, 0.25) is 0 Å². The maximum absolute atomic E-state index is 10.9. The molecule has 1 saturated carbocycles. The van der Waals surface area contributed by atoms with Crippen molar-refractivity contribution in [3.63, 3.8) is 0 Å². The fourth-order valence-corrected chi connectivity index (χ4v) is 4.55. The quantitative estimate of drug-likeness (QED) is 0.560. The summed E-state index contributed by atoms with van der Waals surface area (Å²) in [5.41, 5.74) is 1.27. The van der Waals surface area contributed by atoms with E-state index in [4.69, 9.17) is 9.84 Å². The van der Waals surface area contributed by atoms with Crippen LogP contribution in [0.3, 0.4) is 0 Å². The van der Waals surface area contributed by atoms with Crippen molar-refractivity contribution in [1.29, 1.82) is 0 Å². The molecule has 1 fully saturated rings. The van der Waals surface area contributed by atoms with Crippen molar-refractivity contribution < 1.29 is 24.9 Å². The number of para-hydroxylation sites is 1. The Morgan fingerprint density at radius 2 is 2.18 bits per heavy atom. The second-order valence-corrected chi connectivity index (χ2v) is 8.52. The Labute approximate surface area is 167 Å². The Morgan fingerprint density at radius 1 is 1.39 bits per heavy atom. The minimum atomic E-state index is -0.817. The van der Waals surface area contributed by atoms with E-state index in [2.05, 4.69) is 6.92 Å². The number of carbonyl (C=O) groups is 1. The summed E-state index contributed by atoms with van der Waals surface area (Å²) < 4.78 is 6.16. The first-order valence-corrected chi connectivity index (χ1v) is 10.4. The molecule has 1 aliphatic heterocycles. The smallest absolute Gasteiger partial charge is 0.303 e. The van der Waals surface area contributed by atoms with E-state index in [1.807, 2.05) is 37.3 Å². The Morgan fingerprint density at radius 3 is 2.89 bits per heavy atom. The summed E-state index contributed by atoms with van der Waals surface area (Å²) in [4.78, 5) is 10.9. The maximum atomic E-state index is 10.9. The van der Waals surface area contributed by atoms with Crippen LogP contribution in [0.25, 0.3) is 0 Å². The molecule has 5 atom stereocenters. The third kappa shape index (κ3) is 4.58. The molecule has 1 aromatic rings. The molecule has 3 N–H and O–H groups in total. The SMILES string of the molecule is CCCCC(C)(O)C/C=C/[C@@H]1[C@H]2c3cccc(CCC(=O)O)c3O[C@H]2C[C@H]1O. The summed E-state index contributed by atoms with van der Waals surface area (Å²) in [5.74, 6) is 0.00992. The second kappa shape index (κ2) is 8.66. The van der Waals surface area contributed by atoms with E-state index in [1.165, 1.54) is 0 Å². The van der Waals surface area contributed by atoms with Crippen molar-refractivity contribution >= 4 is 5.97 Å². The highest BCUT2D eigenvalue weighted by atomic mass is 16.5. The Balaban J connectivity index is 1.74. The van der Waals surface area contributed by atoms with Crippen LogP contribution in [0.5, 0.6) is 5.75 Å². The lowest BCUT2D eigenvalue weighted by atomic mass is 9.86. The topological polar surface area (TPSA) is 87.0 Å². The standard InChI is InChI=1S/C23H32O5/c1-3-4-12-23(2,27)13-6-9-16-18(24)14-19-21(16)17-8-5-7-15(22(17)28-19)10-11-20(25)26/h5-9,16,18-19,21,24,27H,3-4,10-14H2,1-2H3,(H,25,26)/b9-6+/t16-,18+,19-,21-,23?/m0/s1. The molecule has 0 amide bonds. The van der Waals surface area contributed by atoms with E-state index in [9.17, 15) is 15.0 Å². The zero-order chi connectivity index (χ0) is 20.3. The molecule has 5 heteroatoms. The number of aryl methyl sites for hydroxylation is 1. The van der Waals surface area contributed by atoms with Gasteiger partial charge in [-0.05, 0) is 31.7 Å². The van der Waals surface area contributed by atoms with Gasteiger partial charge in [-0.1, -0.05) is 50.1 Å². The van der Waals surface area contributed by atoms with Gasteiger partial charge in [-0.2, -0.15) is 0 Å². The van der Waals surface area contributed by atoms with Crippen molar-refractivity contribution in [2.45, 2.75) is 82.5 Å². The summed E-state index contributed by atoms with van der Waals surface area (Å²) in [6.45, 7) is 3.98. The van der Waals surface area contributed by atoms with Gasteiger partial charge in [0.1, 0.15) is 11.9 Å². The van der Waals surface area contributed by atoms with Crippen LogP contribution in [0.1, 0.15) is 69.4 Å². The van der Waals surface area contributed by atoms with E-state index in [-0.39, 0.29) is 24.4 Å². The van der Waals surface area contributed by atoms with Gasteiger partial charge in [0, 0.05) is 30.2 Å². The van der Waals surface area contributed by atoms with Crippen LogP contribution in [0.2, 0.25) is 0 Å². The Kier molecular flexibility index (Phi) is 6.46. The van der Waals surface area contributed by atoms with Gasteiger partial charge in [-0.15, -0.1) is 0 Å². The van der Waals surface area contributed by atoms with E-state index in [0.29, 0.717) is 19.3 Å². The molecule has 28 heavy (non-hydrogen) atoms. The fraction of sp³-hybridized carbons (Fsp3) is 0.609. The summed E-state index contributed by atoms with van der Waals surface area (Å²) >= 11 is 0. The lowest BCUT2D eigenvalue weighted by Gasteiger charge is -2.22. The van der Waals surface area contributed by atoms with Gasteiger partial charge in [-0.3, -0.25) is 4.79 Å².